The second-order valence-corrected chi connectivity index (χ2v) is 2.68. The first kappa shape index (κ1) is 11.7. The summed E-state index contributed by atoms with van der Waals surface area (Å²) in [6, 6.07) is 1.18. The maximum absolute atomic E-state index is 12.0. The molecule has 0 atom stereocenters. The Morgan fingerprint density at radius 2 is 1.13 bits per heavy atom. The lowest BCUT2D eigenvalue weighted by molar-refractivity contribution is -0.146. The summed E-state index contributed by atoms with van der Waals surface area (Å²) in [7, 11) is 0. The van der Waals surface area contributed by atoms with Crippen molar-refractivity contribution in [1.82, 2.24) is 0 Å². The smallest absolute Gasteiger partial charge is 0.289 e. The Balaban J connectivity index is 3.37. The number of hydrogen-bond donors (Lipinski definition) is 0. The van der Waals surface area contributed by atoms with Crippen LogP contribution in [-0.2, 0) is 17.5 Å². The molecule has 0 aliphatic carbocycles. The Morgan fingerprint density at radius 1 is 0.800 bits per heavy atom. The van der Waals surface area contributed by atoms with Gasteiger partial charge in [-0.3, -0.25) is 5.11 Å². The first-order valence-corrected chi connectivity index (χ1v) is 3.58. The van der Waals surface area contributed by atoms with Crippen molar-refractivity contribution in [2.75, 3.05) is 0 Å². The largest absolute Gasteiger partial charge is 0.420 e. The van der Waals surface area contributed by atoms with Crippen molar-refractivity contribution in [2.24, 2.45) is 0 Å². The van der Waals surface area contributed by atoms with Gasteiger partial charge in [-0.25, -0.2) is 0 Å². The van der Waals surface area contributed by atoms with E-state index in [9.17, 15) is 31.4 Å². The molecule has 7 heteroatoms. The van der Waals surface area contributed by atoms with Crippen molar-refractivity contribution in [3.63, 3.8) is 0 Å². The molecule has 0 aromatic heterocycles. The highest BCUT2D eigenvalue weighted by atomic mass is 19.4. The van der Waals surface area contributed by atoms with Crippen LogP contribution >= 0.6 is 0 Å². The van der Waals surface area contributed by atoms with Gasteiger partial charge in [0.15, 0.2) is 0 Å². The normalized spacial score (nSPS) is 12.9. The van der Waals surface area contributed by atoms with Crippen LogP contribution in [0.2, 0.25) is 0 Å². The van der Waals surface area contributed by atoms with Crippen molar-refractivity contribution in [3.8, 4) is 5.75 Å². The van der Waals surface area contributed by atoms with E-state index in [-0.39, 0.29) is 0 Å². The van der Waals surface area contributed by atoms with Gasteiger partial charge in [0.05, 0.1) is 0 Å². The topological polar surface area (TPSA) is 19.9 Å². The maximum Gasteiger partial charge on any atom is 0.420 e. The quantitative estimate of drug-likeness (QED) is 0.602. The van der Waals surface area contributed by atoms with Crippen LogP contribution in [0.25, 0.3) is 0 Å². The highest BCUT2D eigenvalue weighted by Crippen LogP contribution is 2.43. The zero-order valence-electron chi connectivity index (χ0n) is 6.91. The van der Waals surface area contributed by atoms with Crippen LogP contribution in [0.5, 0.6) is 5.75 Å². The Hall–Kier alpha value is -1.40. The minimum absolute atomic E-state index is 0.317. The summed E-state index contributed by atoms with van der Waals surface area (Å²) >= 11 is 0. The monoisotopic (exact) mass is 229 g/mol. The van der Waals surface area contributed by atoms with Crippen LogP contribution in [-0.4, -0.2) is 0 Å². The molecule has 1 radical (unpaired) electrons. The van der Waals surface area contributed by atoms with E-state index in [4.69, 9.17) is 0 Å². The summed E-state index contributed by atoms with van der Waals surface area (Å²) in [5.41, 5.74) is -3.62. The Labute approximate surface area is 79.9 Å². The van der Waals surface area contributed by atoms with E-state index in [0.29, 0.717) is 18.2 Å². The molecule has 0 saturated heterocycles. The molecule has 1 rings (SSSR count). The summed E-state index contributed by atoms with van der Waals surface area (Å²) in [6.07, 6.45) is -10.1. The van der Waals surface area contributed by atoms with E-state index in [2.05, 4.69) is 0 Å². The molecule has 1 aromatic carbocycles. The number of rotatable bonds is 0. The van der Waals surface area contributed by atoms with Gasteiger partial charge in [-0.15, -0.1) is 0 Å². The standard InChI is InChI=1S/C8H3F6O/c9-7(10,11)4-2-1-3-5(6(4)15)8(12,13)14/h1-3H. The minimum atomic E-state index is -5.07. The molecular formula is C8H3F6O. The third-order valence-electron chi connectivity index (χ3n) is 1.63. The molecule has 1 nitrogen and oxygen atoms in total. The Morgan fingerprint density at radius 3 is 1.40 bits per heavy atom. The highest BCUT2D eigenvalue weighted by Gasteiger charge is 2.41. The van der Waals surface area contributed by atoms with E-state index in [1.165, 1.54) is 0 Å². The van der Waals surface area contributed by atoms with Crippen molar-refractivity contribution in [2.45, 2.75) is 12.4 Å². The van der Waals surface area contributed by atoms with Gasteiger partial charge in [0.25, 0.3) is 0 Å². The van der Waals surface area contributed by atoms with Gasteiger partial charge in [-0.1, -0.05) is 6.07 Å². The number of benzene rings is 1. The predicted molar refractivity (Wildman–Crippen MR) is 36.6 cm³/mol. The van der Waals surface area contributed by atoms with Crippen molar-refractivity contribution in [1.29, 1.82) is 0 Å². The molecule has 0 N–H and O–H groups in total. The van der Waals surface area contributed by atoms with Crippen LogP contribution in [0.15, 0.2) is 18.2 Å². The minimum Gasteiger partial charge on any atom is -0.289 e. The summed E-state index contributed by atoms with van der Waals surface area (Å²) in [5.74, 6) is -2.04. The maximum atomic E-state index is 12.0. The van der Waals surface area contributed by atoms with Gasteiger partial charge < -0.3 is 0 Å². The van der Waals surface area contributed by atoms with Crippen molar-refractivity contribution in [3.05, 3.63) is 29.3 Å². The molecule has 1 aromatic rings. The van der Waals surface area contributed by atoms with Crippen LogP contribution in [0.1, 0.15) is 11.1 Å². The highest BCUT2D eigenvalue weighted by molar-refractivity contribution is 5.43. The first-order valence-electron chi connectivity index (χ1n) is 3.58. The summed E-state index contributed by atoms with van der Waals surface area (Å²) < 4.78 is 72.3. The Kier molecular flexibility index (Phi) is 2.58. The summed E-state index contributed by atoms with van der Waals surface area (Å²) in [5, 5.41) is 10.8. The fourth-order valence-electron chi connectivity index (χ4n) is 0.983. The molecule has 83 valence electrons. The molecule has 0 aliphatic heterocycles. The van der Waals surface area contributed by atoms with E-state index in [1.54, 1.807) is 0 Å². The van der Waals surface area contributed by atoms with Gasteiger partial charge in [0, 0.05) is 0 Å². The van der Waals surface area contributed by atoms with E-state index >= 15 is 0 Å². The average Bonchev–Trinajstić information content (AvgIpc) is 1.99. The molecule has 0 unspecified atom stereocenters. The second kappa shape index (κ2) is 3.32. The molecule has 0 fully saturated rings. The third-order valence-corrected chi connectivity index (χ3v) is 1.63. The molecule has 0 heterocycles. The van der Waals surface area contributed by atoms with Crippen LogP contribution in [0.4, 0.5) is 26.3 Å². The summed E-state index contributed by atoms with van der Waals surface area (Å²) in [6.45, 7) is 0. The lowest BCUT2D eigenvalue weighted by Crippen LogP contribution is -2.10. The van der Waals surface area contributed by atoms with Crippen LogP contribution < -0.4 is 0 Å². The molecule has 0 spiro atoms. The van der Waals surface area contributed by atoms with Crippen molar-refractivity contribution < 1.29 is 31.4 Å². The lowest BCUT2D eigenvalue weighted by Gasteiger charge is -2.12. The van der Waals surface area contributed by atoms with E-state index in [0.717, 1.165) is 0 Å². The van der Waals surface area contributed by atoms with Crippen LogP contribution in [0, 0.1) is 0 Å². The molecule has 0 saturated carbocycles. The number of hydrogen-bond acceptors (Lipinski definition) is 0. The second-order valence-electron chi connectivity index (χ2n) is 2.68. The predicted octanol–water partition coefficient (Wildman–Crippen LogP) is 3.87. The molecule has 0 aliphatic rings. The number of alkyl halides is 6. The average molecular weight is 229 g/mol. The summed E-state index contributed by atoms with van der Waals surface area (Å²) in [4.78, 5) is 0. The molecule has 15 heavy (non-hydrogen) atoms. The zero-order valence-corrected chi connectivity index (χ0v) is 6.91. The van der Waals surface area contributed by atoms with Gasteiger partial charge in [0.1, 0.15) is 11.1 Å². The van der Waals surface area contributed by atoms with Gasteiger partial charge in [0.2, 0.25) is 5.75 Å². The van der Waals surface area contributed by atoms with E-state index < -0.39 is 29.2 Å². The third kappa shape index (κ3) is 2.34. The first-order chi connectivity index (χ1) is 6.64. The molecule has 0 bridgehead atoms. The number of halogens is 6. The zero-order chi connectivity index (χ0) is 11.9. The van der Waals surface area contributed by atoms with Crippen molar-refractivity contribution >= 4 is 0 Å². The van der Waals surface area contributed by atoms with Crippen LogP contribution in [0.3, 0.4) is 0 Å². The SMILES string of the molecule is [O]c1c(C(F)(F)F)cccc1C(F)(F)F. The lowest BCUT2D eigenvalue weighted by atomic mass is 10.1. The number of para-hydroxylation sites is 1. The van der Waals surface area contributed by atoms with E-state index in [1.807, 2.05) is 0 Å². The molecule has 0 amide bonds. The fourth-order valence-corrected chi connectivity index (χ4v) is 0.983. The van der Waals surface area contributed by atoms with Gasteiger partial charge >= 0.3 is 12.4 Å². The molecular weight excluding hydrogens is 226 g/mol. The fraction of sp³-hybridized carbons (Fsp3) is 0.250. The van der Waals surface area contributed by atoms with Gasteiger partial charge in [-0.2, -0.15) is 26.3 Å². The van der Waals surface area contributed by atoms with Gasteiger partial charge in [-0.05, 0) is 12.1 Å². The Bertz CT molecular complexity index is 332.